The lowest BCUT2D eigenvalue weighted by atomic mass is 10.1. The van der Waals surface area contributed by atoms with E-state index >= 15 is 0 Å². The van der Waals surface area contributed by atoms with Gasteiger partial charge in [-0.3, -0.25) is 9.59 Å². The quantitative estimate of drug-likeness (QED) is 0.436. The molecular weight excluding hydrogens is 218 g/mol. The summed E-state index contributed by atoms with van der Waals surface area (Å²) in [7, 11) is 0. The maximum atomic E-state index is 11.4. The predicted molar refractivity (Wildman–Crippen MR) is 66.9 cm³/mol. The molecule has 0 spiro atoms. The highest BCUT2D eigenvalue weighted by Crippen LogP contribution is 1.97. The molecule has 0 heterocycles. The Morgan fingerprint density at radius 2 is 1.94 bits per heavy atom. The van der Waals surface area contributed by atoms with Crippen LogP contribution in [0.4, 0.5) is 0 Å². The molecule has 0 aromatic heterocycles. The molecular formula is C12H21N3O2. The van der Waals surface area contributed by atoms with Crippen molar-refractivity contribution >= 4 is 11.8 Å². The standard InChI is InChI=1S/C12H21N3O2/c1-4-5-6-7-14-10(16)8-15-12(17)11(13)9(2)3/h9,11H,6-8,13H2,1-3H3,(H,14,16)(H,15,17)/t11-/m0/s1. The van der Waals surface area contributed by atoms with Gasteiger partial charge in [-0.2, -0.15) is 0 Å². The fourth-order valence-corrected chi connectivity index (χ4v) is 1.04. The molecule has 5 heteroatoms. The Labute approximate surface area is 103 Å². The average Bonchev–Trinajstić information content (AvgIpc) is 2.30. The molecule has 0 rings (SSSR count). The molecule has 0 aliphatic carbocycles. The second kappa shape index (κ2) is 8.59. The second-order valence-corrected chi connectivity index (χ2v) is 4.01. The smallest absolute Gasteiger partial charge is 0.239 e. The summed E-state index contributed by atoms with van der Waals surface area (Å²) in [6, 6.07) is -0.575. The number of rotatable bonds is 6. The minimum atomic E-state index is -0.575. The minimum absolute atomic E-state index is 0.0429. The summed E-state index contributed by atoms with van der Waals surface area (Å²) in [4.78, 5) is 22.7. The van der Waals surface area contributed by atoms with Crippen LogP contribution in [0.2, 0.25) is 0 Å². The molecule has 0 saturated heterocycles. The third-order valence-corrected chi connectivity index (χ3v) is 2.19. The lowest BCUT2D eigenvalue weighted by Gasteiger charge is -2.14. The lowest BCUT2D eigenvalue weighted by Crippen LogP contribution is -2.47. The SMILES string of the molecule is CC#CCCNC(=O)CNC(=O)[C@@H](N)C(C)C. The largest absolute Gasteiger partial charge is 0.354 e. The zero-order valence-corrected chi connectivity index (χ0v) is 10.7. The van der Waals surface area contributed by atoms with Crippen molar-refractivity contribution in [2.75, 3.05) is 13.1 Å². The Bertz CT molecular complexity index is 315. The van der Waals surface area contributed by atoms with Gasteiger partial charge in [-0.1, -0.05) is 13.8 Å². The Morgan fingerprint density at radius 1 is 1.29 bits per heavy atom. The van der Waals surface area contributed by atoms with Crippen LogP contribution in [0.25, 0.3) is 0 Å². The molecule has 0 aliphatic heterocycles. The molecule has 17 heavy (non-hydrogen) atoms. The number of hydrogen-bond donors (Lipinski definition) is 3. The molecule has 0 bridgehead atoms. The minimum Gasteiger partial charge on any atom is -0.354 e. The molecule has 0 fully saturated rings. The van der Waals surface area contributed by atoms with Crippen LogP contribution in [0.3, 0.4) is 0 Å². The van der Waals surface area contributed by atoms with E-state index in [-0.39, 0.29) is 24.3 Å². The number of carbonyl (C=O) groups excluding carboxylic acids is 2. The maximum Gasteiger partial charge on any atom is 0.239 e. The Morgan fingerprint density at radius 3 is 2.47 bits per heavy atom. The lowest BCUT2D eigenvalue weighted by molar-refractivity contribution is -0.127. The van der Waals surface area contributed by atoms with Gasteiger partial charge in [0.05, 0.1) is 12.6 Å². The van der Waals surface area contributed by atoms with Crippen LogP contribution >= 0.6 is 0 Å². The summed E-state index contributed by atoms with van der Waals surface area (Å²) in [6.07, 6.45) is 0.613. The van der Waals surface area contributed by atoms with Crippen molar-refractivity contribution in [2.45, 2.75) is 33.2 Å². The molecule has 0 aromatic rings. The topological polar surface area (TPSA) is 84.2 Å². The molecule has 1 atom stereocenters. The first-order valence-electron chi connectivity index (χ1n) is 5.68. The summed E-state index contributed by atoms with van der Waals surface area (Å²) < 4.78 is 0. The predicted octanol–water partition coefficient (Wildman–Crippen LogP) is -0.384. The van der Waals surface area contributed by atoms with Gasteiger partial charge in [0.15, 0.2) is 0 Å². The van der Waals surface area contributed by atoms with Gasteiger partial charge in [-0.25, -0.2) is 0 Å². The van der Waals surface area contributed by atoms with Gasteiger partial charge in [0.25, 0.3) is 0 Å². The van der Waals surface area contributed by atoms with Crippen molar-refractivity contribution in [3.8, 4) is 11.8 Å². The monoisotopic (exact) mass is 239 g/mol. The third kappa shape index (κ3) is 7.36. The van der Waals surface area contributed by atoms with Gasteiger partial charge in [0, 0.05) is 13.0 Å². The van der Waals surface area contributed by atoms with E-state index < -0.39 is 6.04 Å². The highest BCUT2D eigenvalue weighted by molar-refractivity contribution is 5.87. The Hall–Kier alpha value is -1.54. The number of carbonyl (C=O) groups is 2. The summed E-state index contributed by atoms with van der Waals surface area (Å²) in [5.74, 6) is 5.08. The normalized spacial score (nSPS) is 11.4. The molecule has 5 nitrogen and oxygen atoms in total. The Balaban J connectivity index is 3.75. The highest BCUT2D eigenvalue weighted by atomic mass is 16.2. The van der Waals surface area contributed by atoms with Crippen LogP contribution in [0.5, 0.6) is 0 Å². The zero-order valence-electron chi connectivity index (χ0n) is 10.7. The summed E-state index contributed by atoms with van der Waals surface area (Å²) in [5.41, 5.74) is 5.62. The average molecular weight is 239 g/mol. The first-order valence-corrected chi connectivity index (χ1v) is 5.68. The fourth-order valence-electron chi connectivity index (χ4n) is 1.04. The third-order valence-electron chi connectivity index (χ3n) is 2.19. The molecule has 0 radical (unpaired) electrons. The summed E-state index contributed by atoms with van der Waals surface area (Å²) in [6.45, 7) is 5.90. The summed E-state index contributed by atoms with van der Waals surface area (Å²) >= 11 is 0. The number of nitrogens with one attached hydrogen (secondary N) is 2. The number of nitrogens with two attached hydrogens (primary N) is 1. The van der Waals surface area contributed by atoms with E-state index in [9.17, 15) is 9.59 Å². The van der Waals surface area contributed by atoms with E-state index in [0.29, 0.717) is 13.0 Å². The molecule has 0 saturated carbocycles. The van der Waals surface area contributed by atoms with Crippen molar-refractivity contribution in [3.63, 3.8) is 0 Å². The first kappa shape index (κ1) is 15.5. The molecule has 0 unspecified atom stereocenters. The van der Waals surface area contributed by atoms with E-state index in [0.717, 1.165) is 0 Å². The van der Waals surface area contributed by atoms with E-state index in [2.05, 4.69) is 22.5 Å². The van der Waals surface area contributed by atoms with Gasteiger partial charge in [0.2, 0.25) is 11.8 Å². The summed E-state index contributed by atoms with van der Waals surface area (Å²) in [5, 5.41) is 5.14. The van der Waals surface area contributed by atoms with Crippen molar-refractivity contribution < 1.29 is 9.59 Å². The molecule has 96 valence electrons. The van der Waals surface area contributed by atoms with Crippen LogP contribution in [-0.4, -0.2) is 30.9 Å². The van der Waals surface area contributed by atoms with Gasteiger partial charge in [-0.15, -0.1) is 11.8 Å². The van der Waals surface area contributed by atoms with Crippen molar-refractivity contribution in [3.05, 3.63) is 0 Å². The fraction of sp³-hybridized carbons (Fsp3) is 0.667. The molecule has 0 aliphatic rings. The van der Waals surface area contributed by atoms with Gasteiger partial charge in [-0.05, 0) is 12.8 Å². The van der Waals surface area contributed by atoms with E-state index in [1.54, 1.807) is 6.92 Å². The van der Waals surface area contributed by atoms with Crippen molar-refractivity contribution in [1.29, 1.82) is 0 Å². The Kier molecular flexibility index (Phi) is 7.82. The van der Waals surface area contributed by atoms with E-state index in [1.165, 1.54) is 0 Å². The number of hydrogen-bond acceptors (Lipinski definition) is 3. The second-order valence-electron chi connectivity index (χ2n) is 4.01. The van der Waals surface area contributed by atoms with Gasteiger partial charge < -0.3 is 16.4 Å². The van der Waals surface area contributed by atoms with Gasteiger partial charge >= 0.3 is 0 Å². The highest BCUT2D eigenvalue weighted by Gasteiger charge is 2.17. The van der Waals surface area contributed by atoms with Crippen LogP contribution in [0.1, 0.15) is 27.2 Å². The first-order chi connectivity index (χ1) is 7.99. The van der Waals surface area contributed by atoms with E-state index in [4.69, 9.17) is 5.73 Å². The van der Waals surface area contributed by atoms with E-state index in [1.807, 2.05) is 13.8 Å². The van der Waals surface area contributed by atoms with Crippen molar-refractivity contribution in [2.24, 2.45) is 11.7 Å². The van der Waals surface area contributed by atoms with Crippen LogP contribution in [0.15, 0.2) is 0 Å². The van der Waals surface area contributed by atoms with Crippen molar-refractivity contribution in [1.82, 2.24) is 10.6 Å². The number of amides is 2. The molecule has 2 amide bonds. The molecule has 4 N–H and O–H groups in total. The maximum absolute atomic E-state index is 11.4. The molecule has 0 aromatic carbocycles. The van der Waals surface area contributed by atoms with Crippen LogP contribution in [0, 0.1) is 17.8 Å². The van der Waals surface area contributed by atoms with Gasteiger partial charge in [0.1, 0.15) is 0 Å². The zero-order chi connectivity index (χ0) is 13.3. The van der Waals surface area contributed by atoms with Crippen LogP contribution in [-0.2, 0) is 9.59 Å². The van der Waals surface area contributed by atoms with Crippen LogP contribution < -0.4 is 16.4 Å².